The summed E-state index contributed by atoms with van der Waals surface area (Å²) in [6.45, 7) is 3.73. The van der Waals surface area contributed by atoms with Gasteiger partial charge in [0.05, 0.1) is 5.69 Å². The molecule has 0 aliphatic carbocycles. The molecule has 0 aliphatic rings. The van der Waals surface area contributed by atoms with Crippen molar-refractivity contribution >= 4 is 31.5 Å². The van der Waals surface area contributed by atoms with E-state index in [-0.39, 0.29) is 0 Å². The monoisotopic (exact) mass is 416 g/mol. The highest BCUT2D eigenvalue weighted by atomic mass is 32.1. The van der Waals surface area contributed by atoms with E-state index in [1.54, 1.807) is 17.5 Å². The van der Waals surface area contributed by atoms with E-state index in [1.807, 2.05) is 56.3 Å². The number of halogens is 2. The number of nitrogens with zero attached hydrogens (tertiary/aromatic N) is 1. The average Bonchev–Trinajstić information content (AvgIpc) is 3.11. The number of hydrogen-bond donors (Lipinski definition) is 0. The number of rotatable bonds is 3. The van der Waals surface area contributed by atoms with Crippen LogP contribution in [0.3, 0.4) is 0 Å². The van der Waals surface area contributed by atoms with Crippen molar-refractivity contribution in [2.75, 3.05) is 0 Å². The lowest BCUT2D eigenvalue weighted by atomic mass is 10.00. The molecule has 148 valence electrons. The number of benzene rings is 3. The van der Waals surface area contributed by atoms with Crippen molar-refractivity contribution in [3.8, 4) is 22.4 Å². The van der Waals surface area contributed by atoms with Gasteiger partial charge in [0, 0.05) is 44.9 Å². The highest BCUT2D eigenvalue weighted by molar-refractivity contribution is 7.26. The van der Waals surface area contributed by atoms with Gasteiger partial charge in [-0.05, 0) is 47.4 Å². The van der Waals surface area contributed by atoms with Crippen LogP contribution >= 0.6 is 11.3 Å². The summed E-state index contributed by atoms with van der Waals surface area (Å²) in [4.78, 5) is 4.57. The van der Waals surface area contributed by atoms with Gasteiger partial charge in [-0.2, -0.15) is 0 Å². The zero-order chi connectivity index (χ0) is 21.8. The summed E-state index contributed by atoms with van der Waals surface area (Å²) in [5.41, 5.74) is 3.85. The first-order valence-corrected chi connectivity index (χ1v) is 10.5. The standard InChI is InChI=1S/C26H19F2NS/c1-15(2)16-10-11-29-24(12-16)22-5-3-4-21-20-8-6-17(13-25(20)30-26(21)22)19-9-7-18(27)14-23(19)28/h3-15H,1-2H3/i15D. The van der Waals surface area contributed by atoms with E-state index >= 15 is 0 Å². The summed E-state index contributed by atoms with van der Waals surface area (Å²) in [6.07, 6.45) is 1.75. The Labute approximate surface area is 179 Å². The van der Waals surface area contributed by atoms with Gasteiger partial charge in [0.1, 0.15) is 11.6 Å². The maximum atomic E-state index is 14.3. The molecule has 0 bridgehead atoms. The Morgan fingerprint density at radius 3 is 2.57 bits per heavy atom. The molecule has 5 rings (SSSR count). The first-order valence-electron chi connectivity index (χ1n) is 10.2. The predicted octanol–water partition coefficient (Wildman–Crippen LogP) is 8.19. The normalized spacial score (nSPS) is 12.5. The third kappa shape index (κ3) is 3.17. The molecule has 4 heteroatoms. The molecule has 0 fully saturated rings. The maximum Gasteiger partial charge on any atom is 0.133 e. The Kier molecular flexibility index (Phi) is 4.31. The van der Waals surface area contributed by atoms with Crippen LogP contribution in [0.5, 0.6) is 0 Å². The quantitative estimate of drug-likeness (QED) is 0.289. The summed E-state index contributed by atoms with van der Waals surface area (Å²) in [6, 6.07) is 19.5. The van der Waals surface area contributed by atoms with Gasteiger partial charge in [-0.1, -0.05) is 44.2 Å². The van der Waals surface area contributed by atoms with E-state index in [2.05, 4.69) is 11.1 Å². The highest BCUT2D eigenvalue weighted by Gasteiger charge is 2.14. The van der Waals surface area contributed by atoms with Crippen LogP contribution in [-0.2, 0) is 0 Å². The molecule has 0 amide bonds. The third-order valence-corrected chi connectivity index (χ3v) is 6.56. The Bertz CT molecular complexity index is 1450. The second-order valence-electron chi connectivity index (χ2n) is 7.55. The third-order valence-electron chi connectivity index (χ3n) is 5.35. The molecular formula is C26H19F2NS. The van der Waals surface area contributed by atoms with Crippen LogP contribution in [0.2, 0.25) is 0 Å². The summed E-state index contributed by atoms with van der Waals surface area (Å²) >= 11 is 1.63. The second-order valence-corrected chi connectivity index (χ2v) is 8.60. The van der Waals surface area contributed by atoms with Crippen LogP contribution < -0.4 is 0 Å². The summed E-state index contributed by atoms with van der Waals surface area (Å²) in [5.74, 6) is -1.86. The van der Waals surface area contributed by atoms with E-state index in [4.69, 9.17) is 1.37 Å². The summed E-state index contributed by atoms with van der Waals surface area (Å²) in [7, 11) is 0. The minimum absolute atomic E-state index is 0.382. The highest BCUT2D eigenvalue weighted by Crippen LogP contribution is 2.41. The van der Waals surface area contributed by atoms with Gasteiger partial charge in [0.15, 0.2) is 0 Å². The molecule has 3 aromatic carbocycles. The van der Waals surface area contributed by atoms with E-state index in [0.717, 1.165) is 43.1 Å². The minimum Gasteiger partial charge on any atom is -0.256 e. The van der Waals surface area contributed by atoms with Gasteiger partial charge in [-0.15, -0.1) is 11.3 Å². The van der Waals surface area contributed by atoms with E-state index in [0.29, 0.717) is 11.1 Å². The molecule has 0 atom stereocenters. The van der Waals surface area contributed by atoms with Crippen LogP contribution in [-0.4, -0.2) is 4.98 Å². The molecule has 0 aliphatic heterocycles. The van der Waals surface area contributed by atoms with Gasteiger partial charge in [-0.3, -0.25) is 4.98 Å². The van der Waals surface area contributed by atoms with Crippen molar-refractivity contribution in [2.45, 2.75) is 19.7 Å². The van der Waals surface area contributed by atoms with Crippen molar-refractivity contribution in [1.29, 1.82) is 0 Å². The van der Waals surface area contributed by atoms with Crippen LogP contribution in [0.25, 0.3) is 42.6 Å². The lowest BCUT2D eigenvalue weighted by molar-refractivity contribution is 0.585. The number of fused-ring (bicyclic) bond motifs is 3. The van der Waals surface area contributed by atoms with Crippen molar-refractivity contribution in [1.82, 2.24) is 4.98 Å². The van der Waals surface area contributed by atoms with Gasteiger partial charge in [0.2, 0.25) is 0 Å². The largest absolute Gasteiger partial charge is 0.256 e. The summed E-state index contributed by atoms with van der Waals surface area (Å²) in [5, 5.41) is 2.20. The fourth-order valence-electron chi connectivity index (χ4n) is 3.78. The predicted molar refractivity (Wildman–Crippen MR) is 122 cm³/mol. The fraction of sp³-hybridized carbons (Fsp3) is 0.115. The van der Waals surface area contributed by atoms with E-state index in [9.17, 15) is 8.78 Å². The molecule has 0 saturated heterocycles. The summed E-state index contributed by atoms with van der Waals surface area (Å²) < 4.78 is 38.1. The fourth-order valence-corrected chi connectivity index (χ4v) is 5.04. The Balaban J connectivity index is 1.69. The van der Waals surface area contributed by atoms with Crippen molar-refractivity contribution in [3.05, 3.63) is 90.1 Å². The zero-order valence-corrected chi connectivity index (χ0v) is 17.4. The van der Waals surface area contributed by atoms with Crippen molar-refractivity contribution < 1.29 is 10.2 Å². The van der Waals surface area contributed by atoms with Gasteiger partial charge in [0.25, 0.3) is 0 Å². The van der Waals surface area contributed by atoms with Crippen LogP contribution in [0.1, 0.15) is 26.7 Å². The Morgan fingerprint density at radius 1 is 0.900 bits per heavy atom. The molecule has 0 radical (unpaired) electrons. The number of pyridine rings is 1. The first-order chi connectivity index (χ1) is 14.8. The molecule has 30 heavy (non-hydrogen) atoms. The topological polar surface area (TPSA) is 12.9 Å². The SMILES string of the molecule is [2H]C(C)(C)c1ccnc(-c2cccc3c2sc2cc(-c4ccc(F)cc4F)ccc23)c1. The molecule has 0 N–H and O–H groups in total. The first kappa shape index (κ1) is 17.7. The van der Waals surface area contributed by atoms with Crippen LogP contribution in [0, 0.1) is 11.6 Å². The Hall–Kier alpha value is -3.11. The lowest BCUT2D eigenvalue weighted by Crippen LogP contribution is -1.90. The average molecular weight is 417 g/mol. The smallest absolute Gasteiger partial charge is 0.133 e. The molecule has 0 saturated carbocycles. The number of thiophene rings is 1. The number of hydrogen-bond acceptors (Lipinski definition) is 2. The van der Waals surface area contributed by atoms with Gasteiger partial charge >= 0.3 is 0 Å². The molecule has 0 spiro atoms. The zero-order valence-electron chi connectivity index (χ0n) is 17.5. The molecular weight excluding hydrogens is 396 g/mol. The second kappa shape index (κ2) is 7.29. The lowest BCUT2D eigenvalue weighted by Gasteiger charge is -2.08. The van der Waals surface area contributed by atoms with Crippen LogP contribution in [0.4, 0.5) is 8.78 Å². The minimum atomic E-state index is -0.708. The Morgan fingerprint density at radius 2 is 1.77 bits per heavy atom. The molecule has 0 unspecified atom stereocenters. The van der Waals surface area contributed by atoms with Crippen LogP contribution in [0.15, 0.2) is 72.9 Å². The van der Waals surface area contributed by atoms with Gasteiger partial charge < -0.3 is 0 Å². The molecule has 2 aromatic heterocycles. The van der Waals surface area contributed by atoms with Gasteiger partial charge in [-0.25, -0.2) is 8.78 Å². The number of aromatic nitrogens is 1. The van der Waals surface area contributed by atoms with Crippen molar-refractivity contribution in [3.63, 3.8) is 0 Å². The van der Waals surface area contributed by atoms with E-state index in [1.165, 1.54) is 12.1 Å². The van der Waals surface area contributed by atoms with Crippen molar-refractivity contribution in [2.24, 2.45) is 0 Å². The molecule has 2 heterocycles. The van der Waals surface area contributed by atoms with E-state index < -0.39 is 17.5 Å². The maximum absolute atomic E-state index is 14.3. The molecule has 1 nitrogen and oxygen atoms in total. The molecule has 5 aromatic rings.